The lowest BCUT2D eigenvalue weighted by molar-refractivity contribution is 0.205. The summed E-state index contributed by atoms with van der Waals surface area (Å²) in [5, 5.41) is 8.50. The van der Waals surface area contributed by atoms with Crippen molar-refractivity contribution in [1.29, 1.82) is 0 Å². The molecule has 116 valence electrons. The minimum Gasteiger partial charge on any atom is -0.354 e. The van der Waals surface area contributed by atoms with Gasteiger partial charge >= 0.3 is 0 Å². The summed E-state index contributed by atoms with van der Waals surface area (Å²) in [6, 6.07) is 10.7. The van der Waals surface area contributed by atoms with Gasteiger partial charge in [0.1, 0.15) is 0 Å². The molecular weight excluding hydrogens is 274 g/mol. The van der Waals surface area contributed by atoms with Gasteiger partial charge in [0.15, 0.2) is 5.82 Å². The van der Waals surface area contributed by atoms with Crippen molar-refractivity contribution in [3.8, 4) is 0 Å². The summed E-state index contributed by atoms with van der Waals surface area (Å²) in [5.41, 5.74) is 2.09. The molecular formula is C17H23N5. The van der Waals surface area contributed by atoms with Gasteiger partial charge in [-0.25, -0.2) is 0 Å². The lowest BCUT2D eigenvalue weighted by atomic mass is 10.0. The number of pyridine rings is 1. The van der Waals surface area contributed by atoms with Gasteiger partial charge in [-0.1, -0.05) is 6.07 Å². The normalized spacial score (nSPS) is 18.7. The maximum Gasteiger partial charge on any atom is 0.151 e. The molecule has 5 heteroatoms. The van der Waals surface area contributed by atoms with Crippen molar-refractivity contribution >= 4 is 5.82 Å². The molecule has 0 unspecified atom stereocenters. The molecule has 1 fully saturated rings. The molecule has 2 aromatic heterocycles. The fraction of sp³-hybridized carbons (Fsp3) is 0.471. The molecule has 5 nitrogen and oxygen atoms in total. The summed E-state index contributed by atoms with van der Waals surface area (Å²) in [5.74, 6) is 0.988. The van der Waals surface area contributed by atoms with Gasteiger partial charge in [-0.15, -0.1) is 5.10 Å². The number of aryl methyl sites for hydroxylation is 1. The molecule has 0 saturated carbocycles. The first kappa shape index (κ1) is 14.9. The minimum atomic E-state index is 0.527. The summed E-state index contributed by atoms with van der Waals surface area (Å²) >= 11 is 0. The first-order valence-corrected chi connectivity index (χ1v) is 7.88. The molecule has 1 saturated heterocycles. The van der Waals surface area contributed by atoms with E-state index in [1.807, 2.05) is 31.3 Å². The zero-order valence-electron chi connectivity index (χ0n) is 13.3. The van der Waals surface area contributed by atoms with Crippen LogP contribution in [-0.2, 0) is 6.54 Å². The van der Waals surface area contributed by atoms with E-state index in [0.29, 0.717) is 6.04 Å². The van der Waals surface area contributed by atoms with E-state index in [9.17, 15) is 0 Å². The van der Waals surface area contributed by atoms with E-state index in [1.54, 1.807) is 0 Å². The van der Waals surface area contributed by atoms with Crippen LogP contribution in [0.4, 0.5) is 5.82 Å². The number of nitrogens with zero attached hydrogens (tertiary/aromatic N) is 5. The molecule has 1 aliphatic rings. The first-order valence-electron chi connectivity index (χ1n) is 7.88. The fourth-order valence-corrected chi connectivity index (χ4v) is 2.96. The van der Waals surface area contributed by atoms with Crippen LogP contribution in [0.25, 0.3) is 0 Å². The van der Waals surface area contributed by atoms with Gasteiger partial charge in [0, 0.05) is 31.9 Å². The largest absolute Gasteiger partial charge is 0.354 e. The Morgan fingerprint density at radius 3 is 2.86 bits per heavy atom. The summed E-state index contributed by atoms with van der Waals surface area (Å²) < 4.78 is 0. The van der Waals surface area contributed by atoms with E-state index in [0.717, 1.165) is 36.8 Å². The van der Waals surface area contributed by atoms with Crippen molar-refractivity contribution in [3.63, 3.8) is 0 Å². The summed E-state index contributed by atoms with van der Waals surface area (Å²) in [7, 11) is 2.18. The molecule has 0 amide bonds. The van der Waals surface area contributed by atoms with E-state index in [4.69, 9.17) is 0 Å². The van der Waals surface area contributed by atoms with Crippen LogP contribution in [0.3, 0.4) is 0 Å². The Morgan fingerprint density at radius 2 is 2.14 bits per heavy atom. The van der Waals surface area contributed by atoms with Crippen LogP contribution in [0, 0.1) is 6.92 Å². The lowest BCUT2D eigenvalue weighted by Crippen LogP contribution is -2.46. The van der Waals surface area contributed by atoms with Gasteiger partial charge in [-0.05, 0) is 51.1 Å². The van der Waals surface area contributed by atoms with Crippen LogP contribution in [0.15, 0.2) is 36.5 Å². The zero-order chi connectivity index (χ0) is 15.4. The number of piperidine rings is 1. The van der Waals surface area contributed by atoms with Gasteiger partial charge in [0.25, 0.3) is 0 Å². The smallest absolute Gasteiger partial charge is 0.151 e. The molecule has 3 rings (SSSR count). The molecule has 2 aromatic rings. The van der Waals surface area contributed by atoms with Crippen molar-refractivity contribution in [2.24, 2.45) is 0 Å². The van der Waals surface area contributed by atoms with Crippen molar-refractivity contribution in [2.75, 3.05) is 25.0 Å². The van der Waals surface area contributed by atoms with Crippen LogP contribution in [0.1, 0.15) is 24.2 Å². The van der Waals surface area contributed by atoms with Gasteiger partial charge in [-0.2, -0.15) is 5.10 Å². The molecule has 0 aliphatic carbocycles. The van der Waals surface area contributed by atoms with E-state index < -0.39 is 0 Å². The average molecular weight is 297 g/mol. The lowest BCUT2D eigenvalue weighted by Gasteiger charge is -2.38. The van der Waals surface area contributed by atoms with Crippen molar-refractivity contribution < 1.29 is 0 Å². The van der Waals surface area contributed by atoms with Crippen molar-refractivity contribution in [2.45, 2.75) is 32.4 Å². The van der Waals surface area contributed by atoms with Crippen molar-refractivity contribution in [3.05, 3.63) is 47.9 Å². The minimum absolute atomic E-state index is 0.527. The molecule has 1 atom stereocenters. The van der Waals surface area contributed by atoms with E-state index in [1.165, 1.54) is 12.8 Å². The van der Waals surface area contributed by atoms with Crippen LogP contribution in [-0.4, -0.2) is 46.3 Å². The number of aromatic nitrogens is 3. The summed E-state index contributed by atoms with van der Waals surface area (Å²) in [6.45, 7) is 4.92. The quantitative estimate of drug-likeness (QED) is 0.866. The van der Waals surface area contributed by atoms with E-state index in [2.05, 4.69) is 44.2 Å². The topological polar surface area (TPSA) is 45.2 Å². The van der Waals surface area contributed by atoms with Crippen LogP contribution in [0.2, 0.25) is 0 Å². The van der Waals surface area contributed by atoms with E-state index >= 15 is 0 Å². The van der Waals surface area contributed by atoms with Gasteiger partial charge in [0.05, 0.1) is 11.4 Å². The Labute approximate surface area is 132 Å². The van der Waals surface area contributed by atoms with E-state index in [-0.39, 0.29) is 0 Å². The molecule has 0 bridgehead atoms. The van der Waals surface area contributed by atoms with Crippen molar-refractivity contribution in [1.82, 2.24) is 20.1 Å². The zero-order valence-corrected chi connectivity index (χ0v) is 13.3. The number of hydrogen-bond donors (Lipinski definition) is 0. The molecule has 0 N–H and O–H groups in total. The number of rotatable bonds is 4. The molecule has 0 aromatic carbocycles. The molecule has 0 radical (unpaired) electrons. The van der Waals surface area contributed by atoms with Crippen LogP contribution >= 0.6 is 0 Å². The second-order valence-electron chi connectivity index (χ2n) is 6.01. The third-order valence-corrected chi connectivity index (χ3v) is 4.27. The molecule has 3 heterocycles. The molecule has 22 heavy (non-hydrogen) atoms. The SMILES string of the molecule is Cc1ccc(N2CCC[C@@H](N(C)Cc3ccccn3)C2)nn1. The summed E-state index contributed by atoms with van der Waals surface area (Å²) in [6.07, 6.45) is 4.27. The van der Waals surface area contributed by atoms with Gasteiger partial charge < -0.3 is 4.90 Å². The Balaban J connectivity index is 1.63. The second kappa shape index (κ2) is 6.83. The Kier molecular flexibility index (Phi) is 4.63. The third kappa shape index (κ3) is 3.60. The second-order valence-corrected chi connectivity index (χ2v) is 6.01. The molecule has 1 aliphatic heterocycles. The Bertz CT molecular complexity index is 584. The Hall–Kier alpha value is -2.01. The third-order valence-electron chi connectivity index (χ3n) is 4.27. The highest BCUT2D eigenvalue weighted by atomic mass is 15.3. The first-order chi connectivity index (χ1) is 10.7. The maximum atomic E-state index is 4.42. The standard InChI is InChI=1S/C17H23N5/c1-14-8-9-17(20-19-14)22-11-5-7-16(13-22)21(2)12-15-6-3-4-10-18-15/h3-4,6,8-10,16H,5,7,11-13H2,1-2H3/t16-/m1/s1. The highest BCUT2D eigenvalue weighted by Gasteiger charge is 2.24. The van der Waals surface area contributed by atoms with Crippen LogP contribution in [0.5, 0.6) is 0 Å². The average Bonchev–Trinajstić information content (AvgIpc) is 2.56. The predicted octanol–water partition coefficient (Wildman–Crippen LogP) is 2.28. The highest BCUT2D eigenvalue weighted by Crippen LogP contribution is 2.20. The fourth-order valence-electron chi connectivity index (χ4n) is 2.96. The molecule has 0 spiro atoms. The van der Waals surface area contributed by atoms with Crippen LogP contribution < -0.4 is 4.90 Å². The van der Waals surface area contributed by atoms with Gasteiger partial charge in [0.2, 0.25) is 0 Å². The Morgan fingerprint density at radius 1 is 1.23 bits per heavy atom. The predicted molar refractivity (Wildman–Crippen MR) is 87.7 cm³/mol. The van der Waals surface area contributed by atoms with Gasteiger partial charge in [-0.3, -0.25) is 9.88 Å². The monoisotopic (exact) mass is 297 g/mol. The summed E-state index contributed by atoms with van der Waals surface area (Å²) in [4.78, 5) is 9.16. The number of anilines is 1. The number of hydrogen-bond acceptors (Lipinski definition) is 5. The highest BCUT2D eigenvalue weighted by molar-refractivity contribution is 5.38. The number of likely N-dealkylation sites (N-methyl/N-ethyl adjacent to an activating group) is 1. The maximum absolute atomic E-state index is 4.42.